The summed E-state index contributed by atoms with van der Waals surface area (Å²) in [6.45, 7) is 3.49. The van der Waals surface area contributed by atoms with Gasteiger partial charge in [-0.2, -0.15) is 5.10 Å². The third kappa shape index (κ3) is 5.83. The molecule has 190 valence electrons. The fourth-order valence-electron chi connectivity index (χ4n) is 5.18. The number of hydrogen-bond donors (Lipinski definition) is 1. The van der Waals surface area contributed by atoms with Gasteiger partial charge in [0.25, 0.3) is 0 Å². The quantitative estimate of drug-likeness (QED) is 0.431. The first-order valence-electron chi connectivity index (χ1n) is 12.8. The van der Waals surface area contributed by atoms with Crippen molar-refractivity contribution in [3.05, 3.63) is 77.7 Å². The summed E-state index contributed by atoms with van der Waals surface area (Å²) in [4.78, 5) is 29.3. The van der Waals surface area contributed by atoms with Crippen LogP contribution in [-0.2, 0) is 21.4 Å². The van der Waals surface area contributed by atoms with Crippen LogP contribution in [0.4, 0.5) is 4.39 Å². The van der Waals surface area contributed by atoms with Gasteiger partial charge in [-0.05, 0) is 55.9 Å². The molecule has 1 aliphatic rings. The number of hydrogen-bond acceptors (Lipinski definition) is 3. The largest absolute Gasteiger partial charge is 0.345 e. The Kier molecular flexibility index (Phi) is 8.18. The van der Waals surface area contributed by atoms with Crippen LogP contribution >= 0.6 is 0 Å². The van der Waals surface area contributed by atoms with Crippen molar-refractivity contribution in [2.45, 2.75) is 50.9 Å². The molecule has 1 N–H and O–H groups in total. The highest BCUT2D eigenvalue weighted by atomic mass is 19.1. The van der Waals surface area contributed by atoms with Gasteiger partial charge in [0.1, 0.15) is 5.82 Å². The minimum atomic E-state index is -0.578. The molecule has 7 heteroatoms. The lowest BCUT2D eigenvalue weighted by Crippen LogP contribution is -2.53. The van der Waals surface area contributed by atoms with Gasteiger partial charge in [-0.1, -0.05) is 48.9 Å². The number of amides is 2. The van der Waals surface area contributed by atoms with E-state index in [1.807, 2.05) is 59.3 Å². The first kappa shape index (κ1) is 25.6. The average Bonchev–Trinajstić information content (AvgIpc) is 3.37. The summed E-state index contributed by atoms with van der Waals surface area (Å²) in [6, 6.07) is 18.4. The van der Waals surface area contributed by atoms with E-state index in [1.54, 1.807) is 13.0 Å². The van der Waals surface area contributed by atoms with Crippen LogP contribution < -0.4 is 0 Å². The Morgan fingerprint density at radius 3 is 2.47 bits per heavy atom. The Bertz CT molecular complexity index is 1170. The van der Waals surface area contributed by atoms with E-state index in [0.29, 0.717) is 32.5 Å². The number of likely N-dealkylation sites (tertiary alicyclic amines) is 1. The fourth-order valence-corrected chi connectivity index (χ4v) is 5.18. The van der Waals surface area contributed by atoms with Crippen LogP contribution in [0, 0.1) is 5.82 Å². The molecule has 1 aliphatic heterocycles. The Labute approximate surface area is 212 Å². The van der Waals surface area contributed by atoms with Gasteiger partial charge in [0.2, 0.25) is 11.8 Å². The summed E-state index contributed by atoms with van der Waals surface area (Å²) in [6.07, 6.45) is 5.03. The zero-order valence-corrected chi connectivity index (χ0v) is 21.2. The van der Waals surface area contributed by atoms with Crippen molar-refractivity contribution >= 4 is 11.8 Å². The molecule has 1 saturated heterocycles. The van der Waals surface area contributed by atoms with Crippen LogP contribution in [0.2, 0.25) is 0 Å². The van der Waals surface area contributed by atoms with Crippen LogP contribution in [0.3, 0.4) is 0 Å². The summed E-state index contributed by atoms with van der Waals surface area (Å²) in [5.74, 6) is -0.0582. The van der Waals surface area contributed by atoms with Crippen molar-refractivity contribution in [3.63, 3.8) is 0 Å². The molecule has 1 fully saturated rings. The van der Waals surface area contributed by atoms with Gasteiger partial charge in [-0.25, -0.2) is 4.39 Å². The normalized spacial score (nSPS) is 15.0. The Morgan fingerprint density at radius 2 is 1.78 bits per heavy atom. The van der Waals surface area contributed by atoms with E-state index in [2.05, 4.69) is 10.2 Å². The van der Waals surface area contributed by atoms with Gasteiger partial charge >= 0.3 is 0 Å². The van der Waals surface area contributed by atoms with Crippen LogP contribution in [0.15, 0.2) is 60.7 Å². The van der Waals surface area contributed by atoms with Gasteiger partial charge < -0.3 is 9.80 Å². The number of carbonyl (C=O) groups is 2. The first-order chi connectivity index (χ1) is 17.4. The predicted molar refractivity (Wildman–Crippen MR) is 139 cm³/mol. The summed E-state index contributed by atoms with van der Waals surface area (Å²) in [5.41, 5.74) is 3.00. The average molecular weight is 491 g/mol. The van der Waals surface area contributed by atoms with E-state index >= 15 is 0 Å². The van der Waals surface area contributed by atoms with E-state index in [0.717, 1.165) is 48.2 Å². The third-order valence-electron chi connectivity index (χ3n) is 7.34. The molecule has 4 rings (SSSR count). The number of nitrogens with zero attached hydrogens (tertiary/aromatic N) is 3. The summed E-state index contributed by atoms with van der Waals surface area (Å²) < 4.78 is 13.5. The SMILES string of the molecule is CC(=O)N1CCC(C(=O)N(C)CCCCCc2cc(-c3cccc(F)c3)n[nH]2)(c2ccccc2)CC1. The predicted octanol–water partition coefficient (Wildman–Crippen LogP) is 4.97. The number of H-pyrrole nitrogens is 1. The van der Waals surface area contributed by atoms with Gasteiger partial charge in [-0.15, -0.1) is 0 Å². The number of piperidine rings is 1. The maximum absolute atomic E-state index is 13.7. The zero-order chi connectivity index (χ0) is 25.5. The Balaban J connectivity index is 1.29. The number of carbonyl (C=O) groups excluding carboxylic acids is 2. The smallest absolute Gasteiger partial charge is 0.233 e. The minimum absolute atomic E-state index is 0.0674. The number of likely N-dealkylation sites (N-methyl/N-ethyl adjacent to an activating group) is 1. The van der Waals surface area contributed by atoms with Crippen molar-refractivity contribution in [1.29, 1.82) is 0 Å². The number of nitrogens with one attached hydrogen (secondary N) is 1. The number of halogens is 1. The number of aromatic amines is 1. The molecule has 0 aliphatic carbocycles. The van der Waals surface area contributed by atoms with Crippen molar-refractivity contribution in [2.24, 2.45) is 0 Å². The van der Waals surface area contributed by atoms with Gasteiger partial charge in [0.05, 0.1) is 11.1 Å². The molecular formula is C29H35FN4O2. The molecule has 0 radical (unpaired) electrons. The fraction of sp³-hybridized carbons (Fsp3) is 0.414. The molecule has 0 spiro atoms. The third-order valence-corrected chi connectivity index (χ3v) is 7.34. The lowest BCUT2D eigenvalue weighted by atomic mass is 9.71. The number of unbranched alkanes of at least 4 members (excludes halogenated alkanes) is 2. The minimum Gasteiger partial charge on any atom is -0.345 e. The molecule has 1 aromatic heterocycles. The molecule has 3 aromatic rings. The number of rotatable bonds is 9. The highest BCUT2D eigenvalue weighted by Gasteiger charge is 2.44. The van der Waals surface area contributed by atoms with E-state index in [-0.39, 0.29) is 17.6 Å². The molecule has 0 saturated carbocycles. The number of benzene rings is 2. The zero-order valence-electron chi connectivity index (χ0n) is 21.2. The van der Waals surface area contributed by atoms with E-state index in [9.17, 15) is 14.0 Å². The second kappa shape index (κ2) is 11.5. The highest BCUT2D eigenvalue weighted by Crippen LogP contribution is 2.37. The first-order valence-corrected chi connectivity index (χ1v) is 12.8. The van der Waals surface area contributed by atoms with E-state index in [4.69, 9.17) is 0 Å². The van der Waals surface area contributed by atoms with Crippen molar-refractivity contribution in [1.82, 2.24) is 20.0 Å². The van der Waals surface area contributed by atoms with E-state index < -0.39 is 5.41 Å². The number of aromatic nitrogens is 2. The standard InChI is InChI=1S/C29H35FN4O2/c1-22(35)34-18-15-29(16-19-34,24-11-5-3-6-12-24)28(36)33(2)17-8-4-7-14-26-21-27(32-31-26)23-10-9-13-25(30)20-23/h3,5-6,9-13,20-21H,4,7-8,14-19H2,1-2H3,(H,31,32). The molecule has 2 amide bonds. The number of aryl methyl sites for hydroxylation is 1. The second-order valence-corrected chi connectivity index (χ2v) is 9.78. The summed E-state index contributed by atoms with van der Waals surface area (Å²) in [5, 5.41) is 7.37. The lowest BCUT2D eigenvalue weighted by Gasteiger charge is -2.42. The van der Waals surface area contributed by atoms with Crippen molar-refractivity contribution in [3.8, 4) is 11.3 Å². The maximum atomic E-state index is 13.7. The van der Waals surface area contributed by atoms with E-state index in [1.165, 1.54) is 12.1 Å². The van der Waals surface area contributed by atoms with Crippen molar-refractivity contribution in [2.75, 3.05) is 26.7 Å². The molecular weight excluding hydrogens is 455 g/mol. The van der Waals surface area contributed by atoms with Crippen LogP contribution in [0.1, 0.15) is 50.3 Å². The summed E-state index contributed by atoms with van der Waals surface area (Å²) >= 11 is 0. The molecule has 2 heterocycles. The van der Waals surface area contributed by atoms with Crippen LogP contribution in [0.5, 0.6) is 0 Å². The molecule has 36 heavy (non-hydrogen) atoms. The van der Waals surface area contributed by atoms with Crippen LogP contribution in [-0.4, -0.2) is 58.5 Å². The van der Waals surface area contributed by atoms with Gasteiger partial charge in [0.15, 0.2) is 0 Å². The van der Waals surface area contributed by atoms with Gasteiger partial charge in [-0.3, -0.25) is 14.7 Å². The van der Waals surface area contributed by atoms with Crippen molar-refractivity contribution < 1.29 is 14.0 Å². The Hall–Kier alpha value is -3.48. The maximum Gasteiger partial charge on any atom is 0.233 e. The lowest BCUT2D eigenvalue weighted by molar-refractivity contribution is -0.141. The molecule has 0 unspecified atom stereocenters. The van der Waals surface area contributed by atoms with Crippen LogP contribution in [0.25, 0.3) is 11.3 Å². The topological polar surface area (TPSA) is 69.3 Å². The molecule has 0 atom stereocenters. The monoisotopic (exact) mass is 490 g/mol. The molecule has 0 bridgehead atoms. The Morgan fingerprint density at radius 1 is 1.03 bits per heavy atom. The molecule has 2 aromatic carbocycles. The molecule has 6 nitrogen and oxygen atoms in total. The van der Waals surface area contributed by atoms with Gasteiger partial charge in [0, 0.05) is 44.9 Å². The highest BCUT2D eigenvalue weighted by molar-refractivity contribution is 5.88. The second-order valence-electron chi connectivity index (χ2n) is 9.78. The summed E-state index contributed by atoms with van der Waals surface area (Å²) in [7, 11) is 1.89.